The fourth-order valence-electron chi connectivity index (χ4n) is 1.91. The molecule has 1 saturated heterocycles. The Morgan fingerprint density at radius 2 is 2.07 bits per heavy atom. The van der Waals surface area contributed by atoms with E-state index in [0.29, 0.717) is 13.0 Å². The van der Waals surface area contributed by atoms with Crippen LogP contribution in [0, 0.1) is 5.92 Å². The zero-order valence-electron chi connectivity index (χ0n) is 7.63. The maximum atomic E-state index is 12.5. The Balaban J connectivity index is 1.88. The first-order valence-corrected chi connectivity index (χ1v) is 4.66. The lowest BCUT2D eigenvalue weighted by molar-refractivity contribution is -0.159. The summed E-state index contributed by atoms with van der Waals surface area (Å²) in [5.41, 5.74) is 0. The van der Waals surface area contributed by atoms with Gasteiger partial charge in [-0.3, -0.25) is 9.59 Å². The van der Waals surface area contributed by atoms with Crippen LogP contribution in [0.3, 0.4) is 0 Å². The quantitative estimate of drug-likeness (QED) is 0.633. The summed E-state index contributed by atoms with van der Waals surface area (Å²) in [7, 11) is 0. The van der Waals surface area contributed by atoms with E-state index in [1.807, 2.05) is 0 Å². The second-order valence-corrected chi connectivity index (χ2v) is 4.01. The lowest BCUT2D eigenvalue weighted by atomic mass is 9.80. The highest BCUT2D eigenvalue weighted by Gasteiger charge is 2.50. The lowest BCUT2D eigenvalue weighted by Gasteiger charge is -2.35. The van der Waals surface area contributed by atoms with Gasteiger partial charge < -0.3 is 4.90 Å². The summed E-state index contributed by atoms with van der Waals surface area (Å²) < 4.78 is 24.9. The van der Waals surface area contributed by atoms with Crippen molar-refractivity contribution in [2.24, 2.45) is 5.92 Å². The molecule has 0 radical (unpaired) electrons. The number of nitrogens with zero attached hydrogens (tertiary/aromatic N) is 1. The van der Waals surface area contributed by atoms with Crippen LogP contribution in [0.25, 0.3) is 0 Å². The molecule has 5 heteroatoms. The monoisotopic (exact) mass is 203 g/mol. The number of Topliss-reactive ketones (excluding diaryl/α,β-unsaturated/α-hetero) is 1. The molecule has 0 unspecified atom stereocenters. The van der Waals surface area contributed by atoms with Crippen LogP contribution in [0.4, 0.5) is 8.78 Å². The van der Waals surface area contributed by atoms with Gasteiger partial charge in [-0.25, -0.2) is 8.78 Å². The molecule has 1 saturated carbocycles. The molecular weight excluding hydrogens is 192 g/mol. The molecule has 14 heavy (non-hydrogen) atoms. The van der Waals surface area contributed by atoms with E-state index in [1.54, 1.807) is 0 Å². The summed E-state index contributed by atoms with van der Waals surface area (Å²) >= 11 is 0. The van der Waals surface area contributed by atoms with Crippen LogP contribution >= 0.6 is 0 Å². The van der Waals surface area contributed by atoms with E-state index in [9.17, 15) is 18.4 Å². The molecule has 1 aliphatic carbocycles. The molecule has 0 spiro atoms. The largest absolute Gasteiger partial charge is 0.335 e. The Morgan fingerprint density at radius 1 is 1.43 bits per heavy atom. The Labute approximate surface area is 80.1 Å². The van der Waals surface area contributed by atoms with Gasteiger partial charge >= 0.3 is 0 Å². The normalized spacial score (nSPS) is 26.4. The number of rotatable bonds is 1. The van der Waals surface area contributed by atoms with Crippen LogP contribution in [-0.2, 0) is 9.59 Å². The molecule has 2 aliphatic rings. The van der Waals surface area contributed by atoms with Crippen LogP contribution in [0.1, 0.15) is 19.3 Å². The number of carbonyl (C=O) groups excluding carboxylic acids is 2. The molecule has 0 bridgehead atoms. The van der Waals surface area contributed by atoms with Crippen LogP contribution in [0.5, 0.6) is 0 Å². The third-order valence-corrected chi connectivity index (χ3v) is 2.78. The van der Waals surface area contributed by atoms with Crippen LogP contribution in [0.2, 0.25) is 0 Å². The third kappa shape index (κ3) is 1.63. The van der Waals surface area contributed by atoms with Gasteiger partial charge in [0.05, 0.1) is 6.54 Å². The molecule has 0 aromatic carbocycles. The number of amides is 1. The number of halogens is 2. The van der Waals surface area contributed by atoms with Gasteiger partial charge in [-0.1, -0.05) is 0 Å². The summed E-state index contributed by atoms with van der Waals surface area (Å²) in [6.45, 7) is 0.515. The summed E-state index contributed by atoms with van der Waals surface area (Å²) in [4.78, 5) is 23.8. The highest BCUT2D eigenvalue weighted by Crippen LogP contribution is 2.43. The maximum absolute atomic E-state index is 12.5. The van der Waals surface area contributed by atoms with Gasteiger partial charge in [0.25, 0.3) is 0 Å². The minimum absolute atomic E-state index is 0.0180. The molecule has 1 aliphatic heterocycles. The molecule has 2 fully saturated rings. The Kier molecular flexibility index (Phi) is 2.05. The van der Waals surface area contributed by atoms with Gasteiger partial charge in [0.2, 0.25) is 11.8 Å². The Hall–Kier alpha value is -1.00. The number of hydrogen-bond acceptors (Lipinski definition) is 2. The summed E-state index contributed by atoms with van der Waals surface area (Å²) in [6, 6.07) is 0. The minimum Gasteiger partial charge on any atom is -0.335 e. The SMILES string of the molecule is O=C1CCN(C(=O)C2CC(F)(F)C2)C1. The maximum Gasteiger partial charge on any atom is 0.249 e. The number of hydrogen-bond donors (Lipinski definition) is 0. The van der Waals surface area contributed by atoms with Crippen LogP contribution in [0.15, 0.2) is 0 Å². The number of likely N-dealkylation sites (tertiary alicyclic amines) is 1. The van der Waals surface area contributed by atoms with Crippen molar-refractivity contribution >= 4 is 11.7 Å². The highest BCUT2D eigenvalue weighted by molar-refractivity contribution is 5.90. The van der Waals surface area contributed by atoms with Crippen molar-refractivity contribution in [1.29, 1.82) is 0 Å². The van der Waals surface area contributed by atoms with Gasteiger partial charge in [-0.15, -0.1) is 0 Å². The van der Waals surface area contributed by atoms with Crippen LogP contribution in [-0.4, -0.2) is 35.6 Å². The number of ketones is 1. The van der Waals surface area contributed by atoms with E-state index < -0.39 is 11.8 Å². The molecule has 3 nitrogen and oxygen atoms in total. The van der Waals surface area contributed by atoms with E-state index in [4.69, 9.17) is 0 Å². The molecule has 1 amide bonds. The fourth-order valence-corrected chi connectivity index (χ4v) is 1.91. The van der Waals surface area contributed by atoms with Crippen molar-refractivity contribution in [2.75, 3.05) is 13.1 Å². The molecule has 2 rings (SSSR count). The van der Waals surface area contributed by atoms with Crippen molar-refractivity contribution in [3.05, 3.63) is 0 Å². The van der Waals surface area contributed by atoms with Crippen molar-refractivity contribution < 1.29 is 18.4 Å². The molecule has 0 N–H and O–H groups in total. The summed E-state index contributed by atoms with van der Waals surface area (Å²) in [5.74, 6) is -3.48. The lowest BCUT2D eigenvalue weighted by Crippen LogP contribution is -2.46. The van der Waals surface area contributed by atoms with Crippen molar-refractivity contribution in [3.63, 3.8) is 0 Å². The molecule has 78 valence electrons. The molecule has 0 aromatic rings. The van der Waals surface area contributed by atoms with E-state index >= 15 is 0 Å². The second kappa shape index (κ2) is 3.00. The van der Waals surface area contributed by atoms with Gasteiger partial charge in [0.1, 0.15) is 0 Å². The van der Waals surface area contributed by atoms with Crippen molar-refractivity contribution in [3.8, 4) is 0 Å². The van der Waals surface area contributed by atoms with Gasteiger partial charge in [-0.05, 0) is 0 Å². The van der Waals surface area contributed by atoms with Gasteiger partial charge in [-0.2, -0.15) is 0 Å². The summed E-state index contributed by atoms with van der Waals surface area (Å²) in [5, 5.41) is 0. The van der Waals surface area contributed by atoms with Crippen molar-refractivity contribution in [2.45, 2.75) is 25.2 Å². The Morgan fingerprint density at radius 3 is 2.50 bits per heavy atom. The standard InChI is InChI=1S/C9H11F2NO2/c10-9(11)3-6(4-9)8(14)12-2-1-7(13)5-12/h6H,1-5H2. The van der Waals surface area contributed by atoms with Crippen LogP contribution < -0.4 is 0 Å². The first-order valence-electron chi connectivity index (χ1n) is 4.66. The molecule has 0 aromatic heterocycles. The fraction of sp³-hybridized carbons (Fsp3) is 0.778. The van der Waals surface area contributed by atoms with Gasteiger partial charge in [0.15, 0.2) is 5.78 Å². The van der Waals surface area contributed by atoms with E-state index in [2.05, 4.69) is 0 Å². The van der Waals surface area contributed by atoms with Gasteiger partial charge in [0, 0.05) is 31.7 Å². The van der Waals surface area contributed by atoms with E-state index in [1.165, 1.54) is 4.90 Å². The Bertz CT molecular complexity index is 283. The smallest absolute Gasteiger partial charge is 0.249 e. The second-order valence-electron chi connectivity index (χ2n) is 4.01. The third-order valence-electron chi connectivity index (χ3n) is 2.78. The minimum atomic E-state index is -2.66. The highest BCUT2D eigenvalue weighted by atomic mass is 19.3. The predicted molar refractivity (Wildman–Crippen MR) is 43.9 cm³/mol. The van der Waals surface area contributed by atoms with E-state index in [0.717, 1.165) is 0 Å². The topological polar surface area (TPSA) is 37.4 Å². The van der Waals surface area contributed by atoms with E-state index in [-0.39, 0.29) is 31.1 Å². The molecule has 0 atom stereocenters. The average molecular weight is 203 g/mol. The zero-order valence-corrected chi connectivity index (χ0v) is 7.63. The zero-order chi connectivity index (χ0) is 10.3. The predicted octanol–water partition coefficient (Wildman–Crippen LogP) is 0.833. The first-order chi connectivity index (χ1) is 6.48. The number of carbonyl (C=O) groups is 2. The first kappa shape index (κ1) is 9.55. The molecule has 1 heterocycles. The summed E-state index contributed by atoms with van der Waals surface area (Å²) in [6.07, 6.45) is -0.331. The van der Waals surface area contributed by atoms with Crippen molar-refractivity contribution in [1.82, 2.24) is 4.90 Å². The molecular formula is C9H11F2NO2. The number of alkyl halides is 2. The average Bonchev–Trinajstić information content (AvgIpc) is 2.46.